The Labute approximate surface area is 103 Å². The van der Waals surface area contributed by atoms with Gasteiger partial charge in [-0.25, -0.2) is 0 Å². The molecule has 17 heavy (non-hydrogen) atoms. The van der Waals surface area contributed by atoms with E-state index in [2.05, 4.69) is 24.4 Å². The summed E-state index contributed by atoms with van der Waals surface area (Å²) >= 11 is 0. The minimum absolute atomic E-state index is 0.599. The summed E-state index contributed by atoms with van der Waals surface area (Å²) in [4.78, 5) is 0. The molecular formula is C14H21NO2. The van der Waals surface area contributed by atoms with Gasteiger partial charge in [-0.15, -0.1) is 0 Å². The minimum atomic E-state index is 0.599. The second kappa shape index (κ2) is 5.41. The van der Waals surface area contributed by atoms with Crippen LogP contribution in [0.2, 0.25) is 0 Å². The number of hydrogen-bond acceptors (Lipinski definition) is 3. The zero-order valence-corrected chi connectivity index (χ0v) is 10.8. The van der Waals surface area contributed by atoms with Crippen LogP contribution in [-0.4, -0.2) is 26.8 Å². The van der Waals surface area contributed by atoms with Crippen molar-refractivity contribution >= 4 is 0 Å². The lowest BCUT2D eigenvalue weighted by Gasteiger charge is -2.28. The molecule has 3 nitrogen and oxygen atoms in total. The summed E-state index contributed by atoms with van der Waals surface area (Å²) in [5.41, 5.74) is 1.36. The molecule has 0 bridgehead atoms. The monoisotopic (exact) mass is 235 g/mol. The summed E-state index contributed by atoms with van der Waals surface area (Å²) in [6.45, 7) is 3.34. The van der Waals surface area contributed by atoms with Crippen LogP contribution in [0.15, 0.2) is 18.2 Å². The predicted octanol–water partition coefficient (Wildman–Crippen LogP) is 2.56. The van der Waals surface area contributed by atoms with Gasteiger partial charge < -0.3 is 14.8 Å². The van der Waals surface area contributed by atoms with E-state index in [1.807, 2.05) is 6.07 Å². The lowest BCUT2D eigenvalue weighted by molar-refractivity contribution is 0.351. The van der Waals surface area contributed by atoms with Gasteiger partial charge in [0.25, 0.3) is 0 Å². The lowest BCUT2D eigenvalue weighted by Crippen LogP contribution is -2.34. The van der Waals surface area contributed by atoms with E-state index in [-0.39, 0.29) is 0 Å². The molecule has 0 aromatic heterocycles. The fraction of sp³-hybridized carbons (Fsp3) is 0.571. The maximum atomic E-state index is 5.35. The summed E-state index contributed by atoms with van der Waals surface area (Å²) in [7, 11) is 3.36. The molecule has 1 aliphatic rings. The van der Waals surface area contributed by atoms with Crippen LogP contribution in [0.1, 0.15) is 31.2 Å². The van der Waals surface area contributed by atoms with Gasteiger partial charge in [0.15, 0.2) is 11.5 Å². The molecular weight excluding hydrogens is 214 g/mol. The molecule has 2 atom stereocenters. The number of methoxy groups -OCH3 is 2. The highest BCUT2D eigenvalue weighted by Crippen LogP contribution is 2.34. The molecule has 1 aromatic carbocycles. The highest BCUT2D eigenvalue weighted by Gasteiger charge is 2.20. The number of piperidine rings is 1. The van der Waals surface area contributed by atoms with E-state index in [0.717, 1.165) is 18.0 Å². The first-order valence-electron chi connectivity index (χ1n) is 6.20. The summed E-state index contributed by atoms with van der Waals surface area (Å²) in [5, 5.41) is 3.48. The molecule has 2 unspecified atom stereocenters. The number of rotatable bonds is 3. The second-order valence-corrected chi connectivity index (χ2v) is 4.69. The lowest BCUT2D eigenvalue weighted by atomic mass is 9.87. The van der Waals surface area contributed by atoms with Gasteiger partial charge in [0.05, 0.1) is 14.2 Å². The SMILES string of the molecule is COc1ccc(C2CCNC(C)C2)cc1OC. The Morgan fingerprint density at radius 2 is 1.94 bits per heavy atom. The van der Waals surface area contributed by atoms with Crippen molar-refractivity contribution in [3.05, 3.63) is 23.8 Å². The Balaban J connectivity index is 2.20. The van der Waals surface area contributed by atoms with Crippen LogP contribution >= 0.6 is 0 Å². The Morgan fingerprint density at radius 3 is 2.59 bits per heavy atom. The molecule has 1 fully saturated rings. The molecule has 0 spiro atoms. The maximum Gasteiger partial charge on any atom is 0.160 e. The van der Waals surface area contributed by atoms with Crippen LogP contribution in [0.4, 0.5) is 0 Å². The largest absolute Gasteiger partial charge is 0.493 e. The average Bonchev–Trinajstić information content (AvgIpc) is 2.38. The smallest absolute Gasteiger partial charge is 0.160 e. The molecule has 1 aliphatic heterocycles. The first-order chi connectivity index (χ1) is 8.24. The van der Waals surface area contributed by atoms with Crippen molar-refractivity contribution in [2.45, 2.75) is 31.7 Å². The molecule has 1 heterocycles. The Bertz CT molecular complexity index is 378. The molecule has 3 heteroatoms. The van der Waals surface area contributed by atoms with Gasteiger partial charge in [0, 0.05) is 6.04 Å². The van der Waals surface area contributed by atoms with Gasteiger partial charge >= 0.3 is 0 Å². The zero-order chi connectivity index (χ0) is 12.3. The quantitative estimate of drug-likeness (QED) is 0.873. The third-order valence-electron chi connectivity index (χ3n) is 3.50. The highest BCUT2D eigenvalue weighted by molar-refractivity contribution is 5.44. The van der Waals surface area contributed by atoms with Crippen LogP contribution < -0.4 is 14.8 Å². The van der Waals surface area contributed by atoms with Gasteiger partial charge in [0.1, 0.15) is 0 Å². The highest BCUT2D eigenvalue weighted by atomic mass is 16.5. The normalized spacial score (nSPS) is 24.4. The van der Waals surface area contributed by atoms with E-state index in [4.69, 9.17) is 9.47 Å². The van der Waals surface area contributed by atoms with E-state index >= 15 is 0 Å². The number of nitrogens with one attached hydrogen (secondary N) is 1. The van der Waals surface area contributed by atoms with Crippen LogP contribution in [0.25, 0.3) is 0 Å². The fourth-order valence-electron chi connectivity index (χ4n) is 2.54. The third kappa shape index (κ3) is 2.72. The van der Waals surface area contributed by atoms with Crippen LogP contribution in [0.3, 0.4) is 0 Å². The molecule has 0 aliphatic carbocycles. The molecule has 0 amide bonds. The minimum Gasteiger partial charge on any atom is -0.493 e. The topological polar surface area (TPSA) is 30.5 Å². The van der Waals surface area contributed by atoms with Crippen molar-refractivity contribution in [1.29, 1.82) is 0 Å². The third-order valence-corrected chi connectivity index (χ3v) is 3.50. The van der Waals surface area contributed by atoms with E-state index < -0.39 is 0 Å². The molecule has 1 N–H and O–H groups in total. The summed E-state index contributed by atoms with van der Waals surface area (Å²) in [6.07, 6.45) is 2.38. The molecule has 0 saturated carbocycles. The molecule has 1 saturated heterocycles. The average molecular weight is 235 g/mol. The molecule has 0 radical (unpaired) electrons. The molecule has 1 aromatic rings. The van der Waals surface area contributed by atoms with E-state index in [1.54, 1.807) is 14.2 Å². The molecule has 2 rings (SSSR count). The Kier molecular flexibility index (Phi) is 3.89. The van der Waals surface area contributed by atoms with E-state index in [0.29, 0.717) is 12.0 Å². The summed E-state index contributed by atoms with van der Waals surface area (Å²) in [5.74, 6) is 2.26. The first kappa shape index (κ1) is 12.2. The molecule has 94 valence electrons. The van der Waals surface area contributed by atoms with Crippen molar-refractivity contribution in [2.24, 2.45) is 0 Å². The Hall–Kier alpha value is -1.22. The maximum absolute atomic E-state index is 5.35. The predicted molar refractivity (Wildman–Crippen MR) is 69.0 cm³/mol. The van der Waals surface area contributed by atoms with Gasteiger partial charge in [-0.1, -0.05) is 6.07 Å². The van der Waals surface area contributed by atoms with Gasteiger partial charge in [-0.2, -0.15) is 0 Å². The van der Waals surface area contributed by atoms with E-state index in [9.17, 15) is 0 Å². The second-order valence-electron chi connectivity index (χ2n) is 4.69. The number of ether oxygens (including phenoxy) is 2. The summed E-state index contributed by atoms with van der Waals surface area (Å²) in [6, 6.07) is 6.87. The van der Waals surface area contributed by atoms with Crippen molar-refractivity contribution < 1.29 is 9.47 Å². The Morgan fingerprint density at radius 1 is 1.18 bits per heavy atom. The van der Waals surface area contributed by atoms with Crippen molar-refractivity contribution in [2.75, 3.05) is 20.8 Å². The standard InChI is InChI=1S/C14H21NO2/c1-10-8-12(6-7-15-10)11-4-5-13(16-2)14(9-11)17-3/h4-5,9-10,12,15H,6-8H2,1-3H3. The number of benzene rings is 1. The van der Waals surface area contributed by atoms with Crippen LogP contribution in [0.5, 0.6) is 11.5 Å². The van der Waals surface area contributed by atoms with Gasteiger partial charge in [-0.3, -0.25) is 0 Å². The number of hydrogen-bond donors (Lipinski definition) is 1. The van der Waals surface area contributed by atoms with Crippen LogP contribution in [-0.2, 0) is 0 Å². The van der Waals surface area contributed by atoms with Crippen molar-refractivity contribution in [1.82, 2.24) is 5.32 Å². The van der Waals surface area contributed by atoms with Crippen molar-refractivity contribution in [3.8, 4) is 11.5 Å². The van der Waals surface area contributed by atoms with Crippen molar-refractivity contribution in [3.63, 3.8) is 0 Å². The van der Waals surface area contributed by atoms with E-state index in [1.165, 1.54) is 18.4 Å². The summed E-state index contributed by atoms with van der Waals surface area (Å²) < 4.78 is 10.6. The zero-order valence-electron chi connectivity index (χ0n) is 10.8. The van der Waals surface area contributed by atoms with Gasteiger partial charge in [-0.05, 0) is 49.9 Å². The first-order valence-corrected chi connectivity index (χ1v) is 6.20. The van der Waals surface area contributed by atoms with Crippen LogP contribution in [0, 0.1) is 0 Å². The van der Waals surface area contributed by atoms with Gasteiger partial charge in [0.2, 0.25) is 0 Å². The fourth-order valence-corrected chi connectivity index (χ4v) is 2.54.